The molecule has 0 bridgehead atoms. The van der Waals surface area contributed by atoms with E-state index in [-0.39, 0.29) is 41.2 Å². The normalized spacial score (nSPS) is 20.1. The zero-order valence-corrected chi connectivity index (χ0v) is 102. The van der Waals surface area contributed by atoms with Crippen LogP contribution in [-0.4, -0.2) is 120 Å². The minimum absolute atomic E-state index is 0.00211. The van der Waals surface area contributed by atoms with Crippen LogP contribution in [0, 0.1) is 47.3 Å². The van der Waals surface area contributed by atoms with Gasteiger partial charge in [0.1, 0.15) is 31.0 Å². The summed E-state index contributed by atoms with van der Waals surface area (Å²) in [4.78, 5) is 74.2. The smallest absolute Gasteiger partial charge is 0.333 e. The predicted molar refractivity (Wildman–Crippen MR) is 633 cm³/mol. The van der Waals surface area contributed by atoms with Gasteiger partial charge in [-0.1, -0.05) is 615 Å². The number of ether oxygens (including phenoxy) is 8. The first-order valence-electron chi connectivity index (χ1n) is 65.4. The maximum atomic E-state index is 15.1. The third kappa shape index (κ3) is 76.7. The van der Waals surface area contributed by atoms with Crippen LogP contribution >= 0.6 is 0 Å². The van der Waals surface area contributed by atoms with Crippen LogP contribution in [0.3, 0.4) is 0 Å². The first kappa shape index (κ1) is 142. The van der Waals surface area contributed by atoms with E-state index in [1.807, 2.05) is 24.3 Å². The van der Waals surface area contributed by atoms with Crippen LogP contribution in [0.5, 0.6) is 0 Å². The third-order valence-electron chi connectivity index (χ3n) is 32.8. The largest absolute Gasteiger partial charge is 0.459 e. The van der Waals surface area contributed by atoms with E-state index in [1.54, 1.807) is 27.7 Å². The first-order chi connectivity index (χ1) is 72.7. The molecule has 2 aliphatic heterocycles. The molecule has 2 fully saturated rings. The molecule has 16 heteroatoms. The van der Waals surface area contributed by atoms with Gasteiger partial charge in [-0.25, -0.2) is 19.2 Å². The fourth-order valence-corrected chi connectivity index (χ4v) is 23.4. The summed E-state index contributed by atoms with van der Waals surface area (Å²) in [5.74, 6) is -2.17. The highest BCUT2D eigenvalue weighted by Crippen LogP contribution is 2.38. The molecule has 2 heterocycles. The summed E-state index contributed by atoms with van der Waals surface area (Å²) in [6.45, 7) is 34.2. The number of hydrogen-bond acceptors (Lipinski definition) is 16. The van der Waals surface area contributed by atoms with Gasteiger partial charge in [0.25, 0.3) is 0 Å². The molecule has 0 radical (unpaired) electrons. The Labute approximate surface area is 927 Å². The van der Waals surface area contributed by atoms with Crippen molar-refractivity contribution in [3.8, 4) is 0 Å². The molecule has 0 aromatic carbocycles. The van der Waals surface area contributed by atoms with Gasteiger partial charge >= 0.3 is 29.8 Å². The predicted octanol–water partition coefficient (Wildman–Crippen LogP) is 39.1. The zero-order chi connectivity index (χ0) is 110. The lowest BCUT2D eigenvalue weighted by molar-refractivity contribution is -0.377. The van der Waals surface area contributed by atoms with E-state index in [1.165, 1.54) is 424 Å². The van der Waals surface area contributed by atoms with Crippen LogP contribution in [0.4, 0.5) is 0 Å². The Morgan fingerprint density at radius 1 is 0.247 bits per heavy atom. The number of carbonyl (C=O) groups excluding carboxylic acids is 5. The van der Waals surface area contributed by atoms with Gasteiger partial charge in [0.15, 0.2) is 24.4 Å². The minimum Gasteiger partial charge on any atom is -0.459 e. The summed E-state index contributed by atoms with van der Waals surface area (Å²) in [6, 6.07) is 0. The third-order valence-corrected chi connectivity index (χ3v) is 32.8. The van der Waals surface area contributed by atoms with Gasteiger partial charge in [-0.2, -0.15) is 0 Å². The average Bonchev–Trinajstić information content (AvgIpc) is 0.761. The second kappa shape index (κ2) is 98.2. The lowest BCUT2D eigenvalue weighted by atomic mass is 9.91. The standard InChI is InChI=1S/C134H248O16/c1-18-23-28-33-38-43-48-53-57-59-60-62-67-71-76-80-84-89-94-109(7)99-113(11)103-117(15)130(140)147-125-120(106-135)144-133(127(124(125)138)149-132(142)119(17)105-115(13)101-111(9)96-91-86-81-75-70-66-61-58-54-49-44-39-34-29-24-19-2)150-134-128(146-122(136)97-92-87-82-77-72-63-52-47-42-37-32-27-22-5)126(148-131(141)118(16)104-114(12)100-110(8)95-90-85-79-74-69-65-56-51-46-41-36-31-26-21-4)123(137)121(145-134)107-143-129(139)116(14)102-112(10)98-108(6)93-88-83-78-73-68-64-55-50-45-40-35-30-25-20-3/h102-105,108-115,120-121,123-128,133-135,137-138H,18-101,106-107H2,1-17H3/b116-102+,117-103+,118-104+,119-105+/t108-,109-,110-,111-,112-,113-,114-,115-,120?,121?,123+,124?,125+,126?,127-,128+,133+,134+/m0/s1. The van der Waals surface area contributed by atoms with Crippen LogP contribution < -0.4 is 0 Å². The molecular weight excluding hydrogens is 1870 g/mol. The number of rotatable bonds is 105. The van der Waals surface area contributed by atoms with Gasteiger partial charge in [-0.15, -0.1) is 0 Å². The summed E-state index contributed by atoms with van der Waals surface area (Å²) < 4.78 is 52.3. The van der Waals surface area contributed by atoms with Crippen LogP contribution in [0.2, 0.25) is 0 Å². The van der Waals surface area contributed by atoms with E-state index in [4.69, 9.17) is 37.9 Å². The Balaban J connectivity index is 2.68. The van der Waals surface area contributed by atoms with E-state index in [9.17, 15) is 29.7 Å². The molecule has 18 atom stereocenters. The second-order valence-corrected chi connectivity index (χ2v) is 48.9. The molecule has 4 unspecified atom stereocenters. The average molecular weight is 2120 g/mol. The van der Waals surface area contributed by atoms with Gasteiger partial charge in [-0.3, -0.25) is 4.79 Å². The van der Waals surface area contributed by atoms with Gasteiger partial charge in [0, 0.05) is 28.7 Å². The Bertz CT molecular complexity index is 3270. The Kier molecular flexibility index (Phi) is 93.1. The highest BCUT2D eigenvalue weighted by atomic mass is 16.8. The van der Waals surface area contributed by atoms with Crippen LogP contribution in [0.15, 0.2) is 46.6 Å². The summed E-state index contributed by atoms with van der Waals surface area (Å²) in [5, 5.41) is 37.6. The van der Waals surface area contributed by atoms with Crippen molar-refractivity contribution in [3.05, 3.63) is 46.6 Å². The second-order valence-electron chi connectivity index (χ2n) is 48.9. The van der Waals surface area contributed by atoms with Crippen molar-refractivity contribution in [1.82, 2.24) is 0 Å². The molecule has 3 N–H and O–H groups in total. The van der Waals surface area contributed by atoms with E-state index >= 15 is 9.59 Å². The number of unbranched alkanes of at least 4 members (excludes halogenated alkanes) is 70. The Morgan fingerprint density at radius 2 is 0.453 bits per heavy atom. The van der Waals surface area contributed by atoms with Crippen LogP contribution in [0.1, 0.15) is 657 Å². The molecule has 0 spiro atoms. The molecule has 2 rings (SSSR count). The Hall–Kier alpha value is -3.93. The van der Waals surface area contributed by atoms with Gasteiger partial charge < -0.3 is 53.2 Å². The first-order valence-corrected chi connectivity index (χ1v) is 65.4. The number of allylic oxidation sites excluding steroid dienone is 4. The number of carbonyl (C=O) groups is 5. The number of esters is 5. The van der Waals surface area contributed by atoms with Crippen molar-refractivity contribution >= 4 is 29.8 Å². The molecule has 0 saturated carbocycles. The highest BCUT2D eigenvalue weighted by molar-refractivity contribution is 5.89. The van der Waals surface area contributed by atoms with Gasteiger partial charge in [0.2, 0.25) is 12.6 Å². The molecule has 0 aromatic heterocycles. The van der Waals surface area contributed by atoms with E-state index in [0.29, 0.717) is 41.2 Å². The van der Waals surface area contributed by atoms with Gasteiger partial charge in [-0.05, 0) is 107 Å². The summed E-state index contributed by atoms with van der Waals surface area (Å²) in [6.07, 6.45) is 93.8. The molecule has 0 amide bonds. The van der Waals surface area contributed by atoms with Crippen molar-refractivity contribution in [2.45, 2.75) is 718 Å². The summed E-state index contributed by atoms with van der Waals surface area (Å²) >= 11 is 0. The Morgan fingerprint density at radius 3 is 0.700 bits per heavy atom. The topological polar surface area (TPSA) is 220 Å². The molecular formula is C134H248O16. The summed E-state index contributed by atoms with van der Waals surface area (Å²) in [5.41, 5.74) is 1.18. The van der Waals surface area contributed by atoms with Crippen molar-refractivity contribution in [1.29, 1.82) is 0 Å². The minimum atomic E-state index is -1.92. The van der Waals surface area contributed by atoms with Crippen molar-refractivity contribution in [2.24, 2.45) is 47.3 Å². The monoisotopic (exact) mass is 2110 g/mol. The van der Waals surface area contributed by atoms with E-state index in [2.05, 4.69) is 90.0 Å². The number of hydrogen-bond donors (Lipinski definition) is 3. The van der Waals surface area contributed by atoms with Crippen molar-refractivity contribution < 1.29 is 77.2 Å². The fourth-order valence-electron chi connectivity index (χ4n) is 23.4. The molecule has 0 aromatic rings. The highest BCUT2D eigenvalue weighted by Gasteiger charge is 2.56. The molecule has 150 heavy (non-hydrogen) atoms. The quantitative estimate of drug-likeness (QED) is 0.0223. The molecule has 2 saturated heterocycles. The fraction of sp³-hybridized carbons (Fsp3) is 0.903. The van der Waals surface area contributed by atoms with E-state index < -0.39 is 104 Å². The molecule has 2 aliphatic rings. The summed E-state index contributed by atoms with van der Waals surface area (Å²) in [7, 11) is 0. The molecule has 0 aliphatic carbocycles. The lowest BCUT2D eigenvalue weighted by Crippen LogP contribution is -2.66. The maximum absolute atomic E-state index is 15.1. The van der Waals surface area contributed by atoms with Gasteiger partial charge in [0.05, 0.1) is 6.61 Å². The zero-order valence-electron chi connectivity index (χ0n) is 102. The molecule has 880 valence electrons. The lowest BCUT2D eigenvalue weighted by Gasteiger charge is -2.47. The maximum Gasteiger partial charge on any atom is 0.333 e. The van der Waals surface area contributed by atoms with Crippen LogP contribution in [0.25, 0.3) is 0 Å². The van der Waals surface area contributed by atoms with Crippen molar-refractivity contribution in [3.63, 3.8) is 0 Å². The number of aliphatic hydroxyl groups is 3. The molecule has 16 nitrogen and oxygen atoms in total. The number of aliphatic hydroxyl groups excluding tert-OH is 3. The SMILES string of the molecule is CCCCCCCCCCCCCCCCCCCC[C@H](C)C[C@H](C)/C=C(\C)C(=O)O[C@@H]1C(CO)O[C@H](O[C@H]2OC(COC(=O)/C(C)=C/[C@@H](C)C[C@@H](C)CCCCCCCCCCCCCCCC)[C@@H](O)C(OC(=O)/C(C)=C/[C@@H](C)C[C@@H](C)CCCCCCCCCCCCCCCC)[C@H]2OC(=O)CCCCCCCCCCCCCCC)[C@@H](OC(=O)/C(C)=C/[C@@H](C)C[C@@H](C)CCCCCCCCCCCCCCCCCC)C1O. The van der Waals surface area contributed by atoms with Crippen molar-refractivity contribution in [2.75, 3.05) is 13.2 Å². The van der Waals surface area contributed by atoms with E-state index in [0.717, 1.165) is 103 Å². The van der Waals surface area contributed by atoms with Crippen LogP contribution in [-0.2, 0) is 61.9 Å².